The predicted molar refractivity (Wildman–Crippen MR) is 88.7 cm³/mol. The number of amides is 1. The number of benzene rings is 1. The molecule has 7 nitrogen and oxygen atoms in total. The van der Waals surface area contributed by atoms with Crippen LogP contribution in [0.1, 0.15) is 20.7 Å². The van der Waals surface area contributed by atoms with Gasteiger partial charge in [0.25, 0.3) is 5.91 Å². The van der Waals surface area contributed by atoms with Gasteiger partial charge in [-0.3, -0.25) is 9.48 Å². The molecule has 0 aliphatic heterocycles. The van der Waals surface area contributed by atoms with Crippen LogP contribution in [-0.4, -0.2) is 33.8 Å². The van der Waals surface area contributed by atoms with Gasteiger partial charge in [-0.15, -0.1) is 0 Å². The summed E-state index contributed by atoms with van der Waals surface area (Å²) in [5.74, 6) is -0.692. The lowest BCUT2D eigenvalue weighted by atomic mass is 10.0. The van der Waals surface area contributed by atoms with Gasteiger partial charge < -0.3 is 15.0 Å². The number of carbonyl (C=O) groups is 2. The van der Waals surface area contributed by atoms with Crippen LogP contribution in [0.3, 0.4) is 0 Å². The summed E-state index contributed by atoms with van der Waals surface area (Å²) in [6.45, 7) is 0. The zero-order chi connectivity index (χ0) is 17.1. The Hall–Kier alpha value is -3.35. The fraction of sp³-hybridized carbons (Fsp3) is 0.118. The lowest BCUT2D eigenvalue weighted by Gasteiger charge is -2.08. The van der Waals surface area contributed by atoms with E-state index in [1.165, 1.54) is 7.11 Å². The van der Waals surface area contributed by atoms with Crippen molar-refractivity contribution in [2.24, 2.45) is 7.05 Å². The zero-order valence-corrected chi connectivity index (χ0v) is 13.2. The third kappa shape index (κ3) is 3.05. The molecule has 0 atom stereocenters. The quantitative estimate of drug-likeness (QED) is 0.722. The summed E-state index contributed by atoms with van der Waals surface area (Å²) in [5.41, 5.74) is 2.84. The van der Waals surface area contributed by atoms with Crippen LogP contribution in [0.15, 0.2) is 48.9 Å². The number of aromatic amines is 1. The van der Waals surface area contributed by atoms with Crippen molar-refractivity contribution in [3.8, 4) is 11.3 Å². The number of hydrogen-bond donors (Lipinski definition) is 2. The number of anilines is 1. The van der Waals surface area contributed by atoms with E-state index in [9.17, 15) is 9.59 Å². The lowest BCUT2D eigenvalue weighted by molar-refractivity contribution is 0.0601. The summed E-state index contributed by atoms with van der Waals surface area (Å²) in [6.07, 6.45) is 4.84. The number of aryl methyl sites for hydroxylation is 1. The number of hydrogen-bond acceptors (Lipinski definition) is 4. The number of nitrogens with one attached hydrogen (secondary N) is 2. The molecule has 122 valence electrons. The van der Waals surface area contributed by atoms with E-state index in [1.807, 2.05) is 12.1 Å². The number of methoxy groups -OCH3 is 1. The Labute approximate surface area is 138 Å². The SMILES string of the molecule is COC(=O)c1c[nH]c(-c2ccccc2C(=O)Nc2cnn(C)c2)c1. The standard InChI is InChI=1S/C17H16N4O3/c1-21-10-12(9-19-21)20-16(22)14-6-4-3-5-13(14)15-7-11(8-18-15)17(23)24-2/h3-10,18H,1-2H3,(H,20,22). The van der Waals surface area contributed by atoms with Crippen molar-refractivity contribution in [2.75, 3.05) is 12.4 Å². The second-order valence-corrected chi connectivity index (χ2v) is 5.20. The van der Waals surface area contributed by atoms with Gasteiger partial charge in [0, 0.05) is 36.3 Å². The summed E-state index contributed by atoms with van der Waals surface area (Å²) in [7, 11) is 3.10. The highest BCUT2D eigenvalue weighted by Gasteiger charge is 2.16. The van der Waals surface area contributed by atoms with E-state index in [2.05, 4.69) is 15.4 Å². The molecule has 0 saturated carbocycles. The molecule has 0 saturated heterocycles. The first-order valence-corrected chi connectivity index (χ1v) is 7.24. The van der Waals surface area contributed by atoms with Crippen molar-refractivity contribution in [3.05, 3.63) is 60.0 Å². The van der Waals surface area contributed by atoms with Gasteiger partial charge >= 0.3 is 5.97 Å². The van der Waals surface area contributed by atoms with Crippen LogP contribution < -0.4 is 5.32 Å². The summed E-state index contributed by atoms with van der Waals surface area (Å²) >= 11 is 0. The molecule has 3 rings (SSSR count). The minimum absolute atomic E-state index is 0.257. The topological polar surface area (TPSA) is 89.0 Å². The second kappa shape index (κ2) is 6.41. The number of nitrogens with zero attached hydrogens (tertiary/aromatic N) is 2. The first kappa shape index (κ1) is 15.5. The fourth-order valence-corrected chi connectivity index (χ4v) is 2.39. The average molecular weight is 324 g/mol. The van der Waals surface area contributed by atoms with E-state index in [1.54, 1.807) is 48.5 Å². The molecular formula is C17H16N4O3. The number of esters is 1. The van der Waals surface area contributed by atoms with E-state index in [4.69, 9.17) is 4.74 Å². The van der Waals surface area contributed by atoms with Crippen molar-refractivity contribution in [3.63, 3.8) is 0 Å². The molecule has 24 heavy (non-hydrogen) atoms. The molecule has 0 spiro atoms. The Kier molecular flexibility index (Phi) is 4.15. The Balaban J connectivity index is 1.91. The maximum Gasteiger partial charge on any atom is 0.339 e. The number of carbonyl (C=O) groups excluding carboxylic acids is 2. The van der Waals surface area contributed by atoms with Crippen LogP contribution in [-0.2, 0) is 11.8 Å². The molecule has 0 fully saturated rings. The van der Waals surface area contributed by atoms with Gasteiger partial charge in [0.05, 0.1) is 24.6 Å². The maximum atomic E-state index is 12.6. The average Bonchev–Trinajstić information content (AvgIpc) is 3.23. The maximum absolute atomic E-state index is 12.6. The summed E-state index contributed by atoms with van der Waals surface area (Å²) < 4.78 is 6.30. The van der Waals surface area contributed by atoms with Gasteiger partial charge in [0.2, 0.25) is 0 Å². The number of rotatable bonds is 4. The van der Waals surface area contributed by atoms with Crippen molar-refractivity contribution < 1.29 is 14.3 Å². The molecule has 1 aromatic carbocycles. The van der Waals surface area contributed by atoms with Crippen molar-refractivity contribution in [1.82, 2.24) is 14.8 Å². The van der Waals surface area contributed by atoms with E-state index >= 15 is 0 Å². The molecule has 2 heterocycles. The lowest BCUT2D eigenvalue weighted by Crippen LogP contribution is -2.12. The minimum Gasteiger partial charge on any atom is -0.465 e. The van der Waals surface area contributed by atoms with Gasteiger partial charge in [-0.05, 0) is 12.1 Å². The van der Waals surface area contributed by atoms with E-state index in [0.717, 1.165) is 0 Å². The fourth-order valence-electron chi connectivity index (χ4n) is 2.39. The van der Waals surface area contributed by atoms with E-state index in [-0.39, 0.29) is 5.91 Å². The molecule has 0 aliphatic rings. The van der Waals surface area contributed by atoms with E-state index in [0.29, 0.717) is 28.1 Å². The third-order valence-corrected chi connectivity index (χ3v) is 3.53. The molecular weight excluding hydrogens is 308 g/mol. The Bertz CT molecular complexity index is 895. The zero-order valence-electron chi connectivity index (χ0n) is 13.2. The Morgan fingerprint density at radius 1 is 1.29 bits per heavy atom. The molecule has 3 aromatic rings. The van der Waals surface area contributed by atoms with Gasteiger partial charge in [-0.1, -0.05) is 18.2 Å². The monoisotopic (exact) mass is 324 g/mol. The molecule has 2 aromatic heterocycles. The molecule has 0 bridgehead atoms. The van der Waals surface area contributed by atoms with Gasteiger partial charge in [0.1, 0.15) is 0 Å². The van der Waals surface area contributed by atoms with Crippen LogP contribution in [0.2, 0.25) is 0 Å². The summed E-state index contributed by atoms with van der Waals surface area (Å²) in [4.78, 5) is 27.2. The molecule has 0 radical (unpaired) electrons. The third-order valence-electron chi connectivity index (χ3n) is 3.53. The predicted octanol–water partition coefficient (Wildman–Crippen LogP) is 2.45. The molecule has 0 unspecified atom stereocenters. The van der Waals surface area contributed by atoms with Gasteiger partial charge in [-0.25, -0.2) is 4.79 Å². The van der Waals surface area contributed by atoms with Crippen LogP contribution in [0.4, 0.5) is 5.69 Å². The van der Waals surface area contributed by atoms with Crippen molar-refractivity contribution in [2.45, 2.75) is 0 Å². The molecule has 2 N–H and O–H groups in total. The van der Waals surface area contributed by atoms with Crippen LogP contribution in [0, 0.1) is 0 Å². The highest BCUT2D eigenvalue weighted by Crippen LogP contribution is 2.24. The summed E-state index contributed by atoms with van der Waals surface area (Å²) in [6, 6.07) is 8.80. The number of ether oxygens (including phenoxy) is 1. The minimum atomic E-state index is -0.435. The first-order chi connectivity index (χ1) is 11.6. The van der Waals surface area contributed by atoms with Gasteiger partial charge in [-0.2, -0.15) is 5.10 Å². The van der Waals surface area contributed by atoms with Crippen molar-refractivity contribution in [1.29, 1.82) is 0 Å². The largest absolute Gasteiger partial charge is 0.465 e. The highest BCUT2D eigenvalue weighted by molar-refractivity contribution is 6.08. The number of H-pyrrole nitrogens is 1. The first-order valence-electron chi connectivity index (χ1n) is 7.24. The Morgan fingerprint density at radius 2 is 2.08 bits per heavy atom. The van der Waals surface area contributed by atoms with E-state index < -0.39 is 5.97 Å². The molecule has 7 heteroatoms. The van der Waals surface area contributed by atoms with Crippen LogP contribution >= 0.6 is 0 Å². The van der Waals surface area contributed by atoms with Crippen LogP contribution in [0.5, 0.6) is 0 Å². The summed E-state index contributed by atoms with van der Waals surface area (Å²) in [5, 5.41) is 6.82. The van der Waals surface area contributed by atoms with Crippen LogP contribution in [0.25, 0.3) is 11.3 Å². The second-order valence-electron chi connectivity index (χ2n) is 5.20. The Morgan fingerprint density at radius 3 is 2.79 bits per heavy atom. The highest BCUT2D eigenvalue weighted by atomic mass is 16.5. The van der Waals surface area contributed by atoms with Gasteiger partial charge in [0.15, 0.2) is 0 Å². The normalized spacial score (nSPS) is 10.4. The van der Waals surface area contributed by atoms with Crippen molar-refractivity contribution >= 4 is 17.6 Å². The number of aromatic nitrogens is 3. The molecule has 0 aliphatic carbocycles. The smallest absolute Gasteiger partial charge is 0.339 e. The molecule has 1 amide bonds.